The standard InChI is InChI=1S/C8H10N2O3S2/c1-15-3-2-4-6(11)10-7(12)5(9-4)8(13)14/h2-3H2,1H3,(H,13,14)(H2,10,11,12). The van der Waals surface area contributed by atoms with Crippen LogP contribution in [0.3, 0.4) is 0 Å². The second kappa shape index (κ2) is 5.22. The number of nitrogens with zero attached hydrogens (tertiary/aromatic N) is 1. The van der Waals surface area contributed by atoms with Gasteiger partial charge in [0, 0.05) is 6.42 Å². The van der Waals surface area contributed by atoms with Crippen molar-refractivity contribution in [1.82, 2.24) is 9.97 Å². The molecule has 1 aromatic rings. The molecule has 0 radical (unpaired) electrons. The third-order valence-corrected chi connectivity index (χ3v) is 2.53. The molecule has 0 fully saturated rings. The fraction of sp³-hybridized carbons (Fsp3) is 0.375. The number of thiol groups is 1. The van der Waals surface area contributed by atoms with Crippen molar-refractivity contribution < 1.29 is 9.90 Å². The van der Waals surface area contributed by atoms with Gasteiger partial charge in [-0.05, 0) is 12.0 Å². The van der Waals surface area contributed by atoms with Crippen molar-refractivity contribution in [3.05, 3.63) is 21.7 Å². The fourth-order valence-electron chi connectivity index (χ4n) is 0.995. The molecule has 0 aromatic carbocycles. The molecule has 2 N–H and O–H groups in total. The largest absolute Gasteiger partial charge is 0.493 e. The van der Waals surface area contributed by atoms with E-state index >= 15 is 0 Å². The molecule has 15 heavy (non-hydrogen) atoms. The minimum Gasteiger partial charge on any atom is -0.493 e. The average Bonchev–Trinajstić information content (AvgIpc) is 2.16. The summed E-state index contributed by atoms with van der Waals surface area (Å²) in [4.78, 5) is 28.1. The molecule has 5 nitrogen and oxygen atoms in total. The summed E-state index contributed by atoms with van der Waals surface area (Å²) < 4.78 is 0. The number of aromatic hydroxyl groups is 1. The maximum atomic E-state index is 11.3. The predicted molar refractivity (Wildman–Crippen MR) is 61.9 cm³/mol. The number of thioether (sulfide) groups is 1. The molecule has 0 aliphatic carbocycles. The zero-order valence-electron chi connectivity index (χ0n) is 7.98. The fourth-order valence-corrected chi connectivity index (χ4v) is 1.55. The van der Waals surface area contributed by atoms with Gasteiger partial charge in [0.15, 0.2) is 5.69 Å². The van der Waals surface area contributed by atoms with E-state index in [1.165, 1.54) is 0 Å². The first-order valence-corrected chi connectivity index (χ1v) is 5.94. The number of aromatic amines is 1. The molecular weight excluding hydrogens is 236 g/mol. The summed E-state index contributed by atoms with van der Waals surface area (Å²) in [5.41, 5.74) is -0.450. The molecule has 1 aromatic heterocycles. The number of aromatic nitrogens is 2. The first kappa shape index (κ1) is 12.1. The SMILES string of the molecule is CSCCc1nc(C(=O)S)c(O)[nH]c1=O. The van der Waals surface area contributed by atoms with E-state index in [2.05, 4.69) is 22.6 Å². The van der Waals surface area contributed by atoms with Crippen molar-refractivity contribution >= 4 is 29.5 Å². The minimum absolute atomic E-state index is 0.214. The van der Waals surface area contributed by atoms with Gasteiger partial charge in [-0.2, -0.15) is 11.8 Å². The lowest BCUT2D eigenvalue weighted by Crippen LogP contribution is -2.18. The minimum atomic E-state index is -0.672. The summed E-state index contributed by atoms with van der Waals surface area (Å²) in [6.07, 6.45) is 2.35. The Balaban J connectivity index is 3.12. The third kappa shape index (κ3) is 3.00. The molecule has 0 amide bonds. The number of nitrogens with one attached hydrogen (secondary N) is 1. The third-order valence-electron chi connectivity index (χ3n) is 1.71. The number of hydrogen-bond donors (Lipinski definition) is 3. The molecule has 0 atom stereocenters. The highest BCUT2D eigenvalue weighted by Crippen LogP contribution is 2.11. The van der Waals surface area contributed by atoms with Crippen LogP contribution in [0.1, 0.15) is 16.2 Å². The van der Waals surface area contributed by atoms with Gasteiger partial charge in [-0.3, -0.25) is 14.6 Å². The first-order chi connectivity index (χ1) is 7.06. The number of carbonyl (C=O) groups excluding carboxylic acids is 1. The Labute approximate surface area is 95.7 Å². The second-order valence-corrected chi connectivity index (χ2v) is 4.15. The Morgan fingerprint density at radius 2 is 2.33 bits per heavy atom. The quantitative estimate of drug-likeness (QED) is 0.672. The number of H-pyrrole nitrogens is 1. The molecule has 0 unspecified atom stereocenters. The van der Waals surface area contributed by atoms with Crippen LogP contribution in [0, 0.1) is 0 Å². The number of carbonyl (C=O) groups is 1. The summed E-state index contributed by atoms with van der Waals surface area (Å²) >= 11 is 5.11. The second-order valence-electron chi connectivity index (χ2n) is 2.76. The van der Waals surface area contributed by atoms with E-state index in [-0.39, 0.29) is 11.4 Å². The molecule has 7 heteroatoms. The van der Waals surface area contributed by atoms with Crippen molar-refractivity contribution in [2.75, 3.05) is 12.0 Å². The Bertz CT molecular complexity index is 430. The van der Waals surface area contributed by atoms with Gasteiger partial charge in [0.1, 0.15) is 5.69 Å². The van der Waals surface area contributed by atoms with Gasteiger partial charge < -0.3 is 5.11 Å². The molecule has 0 spiro atoms. The Morgan fingerprint density at radius 1 is 1.67 bits per heavy atom. The summed E-state index contributed by atoms with van der Waals surface area (Å²) in [6.45, 7) is 0. The highest BCUT2D eigenvalue weighted by Gasteiger charge is 2.13. The number of rotatable bonds is 4. The zero-order chi connectivity index (χ0) is 11.4. The van der Waals surface area contributed by atoms with Crippen molar-refractivity contribution in [1.29, 1.82) is 0 Å². The zero-order valence-corrected chi connectivity index (χ0v) is 9.69. The van der Waals surface area contributed by atoms with Gasteiger partial charge in [0.25, 0.3) is 5.56 Å². The average molecular weight is 246 g/mol. The van der Waals surface area contributed by atoms with E-state index in [0.29, 0.717) is 6.42 Å². The van der Waals surface area contributed by atoms with Gasteiger partial charge in [0.05, 0.1) is 0 Å². The Morgan fingerprint density at radius 3 is 2.87 bits per heavy atom. The highest BCUT2D eigenvalue weighted by molar-refractivity contribution is 7.98. The van der Waals surface area contributed by atoms with Crippen LogP contribution in [-0.4, -0.2) is 32.2 Å². The van der Waals surface area contributed by atoms with E-state index in [4.69, 9.17) is 0 Å². The lowest BCUT2D eigenvalue weighted by atomic mass is 10.3. The molecule has 0 aliphatic rings. The summed E-state index contributed by atoms with van der Waals surface area (Å²) in [5.74, 6) is 0.189. The van der Waals surface area contributed by atoms with E-state index in [1.54, 1.807) is 11.8 Å². The summed E-state index contributed by atoms with van der Waals surface area (Å²) in [5, 5.41) is 8.55. The summed E-state index contributed by atoms with van der Waals surface area (Å²) in [6, 6.07) is 0. The van der Waals surface area contributed by atoms with Gasteiger partial charge in [0.2, 0.25) is 11.0 Å². The maximum absolute atomic E-state index is 11.3. The maximum Gasteiger partial charge on any atom is 0.272 e. The van der Waals surface area contributed by atoms with E-state index < -0.39 is 16.6 Å². The molecule has 1 rings (SSSR count). The predicted octanol–water partition coefficient (Wildman–Crippen LogP) is 0.451. The number of hydrogen-bond acceptors (Lipinski definition) is 5. The molecular formula is C8H10N2O3S2. The molecule has 1 heterocycles. The molecule has 0 bridgehead atoms. The Hall–Kier alpha value is -0.950. The number of aryl methyl sites for hydroxylation is 1. The van der Waals surface area contributed by atoms with E-state index in [9.17, 15) is 14.7 Å². The van der Waals surface area contributed by atoms with Crippen molar-refractivity contribution in [2.45, 2.75) is 6.42 Å². The van der Waals surface area contributed by atoms with Gasteiger partial charge in [-0.25, -0.2) is 4.98 Å². The van der Waals surface area contributed by atoms with Crippen LogP contribution in [0.4, 0.5) is 0 Å². The van der Waals surface area contributed by atoms with Gasteiger partial charge in [-0.1, -0.05) is 12.6 Å². The molecule has 0 aliphatic heterocycles. The lowest BCUT2D eigenvalue weighted by Gasteiger charge is -2.02. The normalized spacial score (nSPS) is 10.3. The molecule has 0 saturated carbocycles. The van der Waals surface area contributed by atoms with Crippen LogP contribution in [-0.2, 0) is 6.42 Å². The molecule has 0 saturated heterocycles. The van der Waals surface area contributed by atoms with E-state index in [1.807, 2.05) is 6.26 Å². The summed E-state index contributed by atoms with van der Waals surface area (Å²) in [7, 11) is 0. The van der Waals surface area contributed by atoms with Crippen molar-refractivity contribution in [3.63, 3.8) is 0 Å². The monoisotopic (exact) mass is 246 g/mol. The van der Waals surface area contributed by atoms with Crippen LogP contribution >= 0.6 is 24.4 Å². The first-order valence-electron chi connectivity index (χ1n) is 4.10. The van der Waals surface area contributed by atoms with Crippen LogP contribution in [0.25, 0.3) is 0 Å². The van der Waals surface area contributed by atoms with E-state index in [0.717, 1.165) is 5.75 Å². The van der Waals surface area contributed by atoms with Crippen LogP contribution in [0.5, 0.6) is 5.88 Å². The van der Waals surface area contributed by atoms with Crippen molar-refractivity contribution in [2.24, 2.45) is 0 Å². The Kier molecular flexibility index (Phi) is 4.22. The smallest absolute Gasteiger partial charge is 0.272 e. The van der Waals surface area contributed by atoms with Crippen LogP contribution in [0.15, 0.2) is 4.79 Å². The van der Waals surface area contributed by atoms with Crippen LogP contribution in [0.2, 0.25) is 0 Å². The topological polar surface area (TPSA) is 83.0 Å². The van der Waals surface area contributed by atoms with Crippen LogP contribution < -0.4 is 5.56 Å². The molecule has 82 valence electrons. The van der Waals surface area contributed by atoms with Gasteiger partial charge in [-0.15, -0.1) is 0 Å². The highest BCUT2D eigenvalue weighted by atomic mass is 32.2. The van der Waals surface area contributed by atoms with Gasteiger partial charge >= 0.3 is 0 Å². The lowest BCUT2D eigenvalue weighted by molar-refractivity contribution is 0.108. The van der Waals surface area contributed by atoms with Crippen molar-refractivity contribution in [3.8, 4) is 5.88 Å².